The molecule has 1 aliphatic carbocycles. The van der Waals surface area contributed by atoms with E-state index in [0.29, 0.717) is 11.5 Å². The summed E-state index contributed by atoms with van der Waals surface area (Å²) in [6.07, 6.45) is 5.76. The molecule has 1 aliphatic rings. The summed E-state index contributed by atoms with van der Waals surface area (Å²) in [5, 5.41) is 29.7. The number of aliphatic hydroxyl groups is 3. The molecule has 2 aromatic rings. The highest BCUT2D eigenvalue weighted by molar-refractivity contribution is 5.52. The summed E-state index contributed by atoms with van der Waals surface area (Å²) in [6.45, 7) is 0. The number of hydrogen-bond donors (Lipinski definition) is 3. The van der Waals surface area contributed by atoms with Gasteiger partial charge in [-0.15, -0.1) is 0 Å². The zero-order valence-corrected chi connectivity index (χ0v) is 11.5. The Bertz CT molecular complexity index is 604. The van der Waals surface area contributed by atoms with Gasteiger partial charge in [0.25, 0.3) is 0 Å². The van der Waals surface area contributed by atoms with Gasteiger partial charge in [0.15, 0.2) is 11.6 Å². The third kappa shape index (κ3) is 2.92. The molecule has 0 aliphatic heterocycles. The molecule has 110 valence electrons. The standard InChI is InChI=1S/C15H17N3O3/c19-14(4-6-15(20,21)7-5-14)12-3-2-11(10-18-12)13-16-8-1-9-17-13/h1-3,8-10,19-21H,4-7H2. The number of hydrogen-bond acceptors (Lipinski definition) is 6. The number of aromatic nitrogens is 3. The Morgan fingerprint density at radius 2 is 1.52 bits per heavy atom. The molecule has 1 fully saturated rings. The first-order valence-corrected chi connectivity index (χ1v) is 6.90. The van der Waals surface area contributed by atoms with Gasteiger partial charge < -0.3 is 15.3 Å². The van der Waals surface area contributed by atoms with Crippen molar-refractivity contribution in [2.24, 2.45) is 0 Å². The lowest BCUT2D eigenvalue weighted by Gasteiger charge is -2.37. The third-order valence-electron chi connectivity index (χ3n) is 3.94. The largest absolute Gasteiger partial charge is 0.384 e. The van der Waals surface area contributed by atoms with Crippen LogP contribution in [0.3, 0.4) is 0 Å². The fourth-order valence-corrected chi connectivity index (χ4v) is 2.57. The second-order valence-corrected chi connectivity index (χ2v) is 5.52. The number of pyridine rings is 1. The van der Waals surface area contributed by atoms with Crippen LogP contribution in [-0.2, 0) is 5.60 Å². The fourth-order valence-electron chi connectivity index (χ4n) is 2.57. The second kappa shape index (κ2) is 5.14. The normalized spacial score (nSPS) is 20.1. The molecular formula is C15H17N3O3. The van der Waals surface area contributed by atoms with E-state index in [-0.39, 0.29) is 25.7 Å². The lowest BCUT2D eigenvalue weighted by molar-refractivity contribution is -0.208. The molecule has 3 rings (SSSR count). The molecule has 6 heteroatoms. The van der Waals surface area contributed by atoms with E-state index in [4.69, 9.17) is 0 Å². The van der Waals surface area contributed by atoms with E-state index in [2.05, 4.69) is 15.0 Å². The molecule has 0 amide bonds. The van der Waals surface area contributed by atoms with Crippen LogP contribution in [0.5, 0.6) is 0 Å². The van der Waals surface area contributed by atoms with Crippen molar-refractivity contribution in [3.63, 3.8) is 0 Å². The van der Waals surface area contributed by atoms with E-state index >= 15 is 0 Å². The van der Waals surface area contributed by atoms with Crippen LogP contribution < -0.4 is 0 Å². The van der Waals surface area contributed by atoms with E-state index in [1.807, 2.05) is 6.07 Å². The van der Waals surface area contributed by atoms with Crippen molar-refractivity contribution in [1.82, 2.24) is 15.0 Å². The van der Waals surface area contributed by atoms with Crippen LogP contribution in [-0.4, -0.2) is 36.1 Å². The van der Waals surface area contributed by atoms with Crippen molar-refractivity contribution in [3.05, 3.63) is 42.5 Å². The Kier molecular flexibility index (Phi) is 3.44. The van der Waals surface area contributed by atoms with Crippen LogP contribution >= 0.6 is 0 Å². The van der Waals surface area contributed by atoms with Crippen LogP contribution in [0.1, 0.15) is 31.4 Å². The monoisotopic (exact) mass is 287 g/mol. The van der Waals surface area contributed by atoms with Gasteiger partial charge in [-0.25, -0.2) is 9.97 Å². The summed E-state index contributed by atoms with van der Waals surface area (Å²) < 4.78 is 0. The molecule has 1 saturated carbocycles. The summed E-state index contributed by atoms with van der Waals surface area (Å²) in [4.78, 5) is 12.6. The van der Waals surface area contributed by atoms with Crippen molar-refractivity contribution < 1.29 is 15.3 Å². The second-order valence-electron chi connectivity index (χ2n) is 5.52. The van der Waals surface area contributed by atoms with Crippen LogP contribution in [0.2, 0.25) is 0 Å². The van der Waals surface area contributed by atoms with Gasteiger partial charge >= 0.3 is 0 Å². The molecule has 3 N–H and O–H groups in total. The highest BCUT2D eigenvalue weighted by Crippen LogP contribution is 2.39. The first-order chi connectivity index (χ1) is 9.99. The summed E-state index contributed by atoms with van der Waals surface area (Å²) >= 11 is 0. The molecule has 2 heterocycles. The van der Waals surface area contributed by atoms with E-state index in [0.717, 1.165) is 5.56 Å². The van der Waals surface area contributed by atoms with E-state index in [9.17, 15) is 15.3 Å². The fraction of sp³-hybridized carbons (Fsp3) is 0.400. The Morgan fingerprint density at radius 1 is 0.857 bits per heavy atom. The molecule has 0 atom stereocenters. The van der Waals surface area contributed by atoms with Gasteiger partial charge in [0.05, 0.1) is 5.69 Å². The maximum absolute atomic E-state index is 10.6. The zero-order valence-electron chi connectivity index (χ0n) is 11.5. The highest BCUT2D eigenvalue weighted by atomic mass is 16.5. The number of nitrogens with zero attached hydrogens (tertiary/aromatic N) is 3. The quantitative estimate of drug-likeness (QED) is 0.712. The van der Waals surface area contributed by atoms with Crippen molar-refractivity contribution in [1.29, 1.82) is 0 Å². The Balaban J connectivity index is 1.81. The maximum Gasteiger partial charge on any atom is 0.162 e. The molecule has 0 unspecified atom stereocenters. The smallest absolute Gasteiger partial charge is 0.162 e. The molecular weight excluding hydrogens is 270 g/mol. The predicted molar refractivity (Wildman–Crippen MR) is 74.8 cm³/mol. The lowest BCUT2D eigenvalue weighted by Crippen LogP contribution is -2.41. The Morgan fingerprint density at radius 3 is 2.10 bits per heavy atom. The van der Waals surface area contributed by atoms with Gasteiger partial charge in [-0.2, -0.15) is 0 Å². The van der Waals surface area contributed by atoms with Crippen LogP contribution in [0.15, 0.2) is 36.8 Å². The zero-order chi connectivity index (χ0) is 14.9. The van der Waals surface area contributed by atoms with Crippen molar-refractivity contribution >= 4 is 0 Å². The first-order valence-electron chi connectivity index (χ1n) is 6.90. The minimum atomic E-state index is -1.68. The molecule has 6 nitrogen and oxygen atoms in total. The van der Waals surface area contributed by atoms with Crippen LogP contribution in [0, 0.1) is 0 Å². The minimum Gasteiger partial charge on any atom is -0.384 e. The summed E-state index contributed by atoms with van der Waals surface area (Å²) in [5.74, 6) is -1.10. The van der Waals surface area contributed by atoms with Gasteiger partial charge in [-0.05, 0) is 31.0 Å². The summed E-state index contributed by atoms with van der Waals surface area (Å²) in [7, 11) is 0. The van der Waals surface area contributed by atoms with Crippen LogP contribution in [0.4, 0.5) is 0 Å². The Labute approximate surface area is 122 Å². The lowest BCUT2D eigenvalue weighted by atomic mass is 9.79. The molecule has 0 saturated heterocycles. The molecule has 0 bridgehead atoms. The van der Waals surface area contributed by atoms with Crippen molar-refractivity contribution in [2.75, 3.05) is 0 Å². The highest BCUT2D eigenvalue weighted by Gasteiger charge is 2.41. The van der Waals surface area contributed by atoms with Gasteiger partial charge in [-0.1, -0.05) is 0 Å². The average molecular weight is 287 g/mol. The van der Waals surface area contributed by atoms with Gasteiger partial charge in [0.2, 0.25) is 0 Å². The molecule has 2 aromatic heterocycles. The molecule has 0 spiro atoms. The Hall–Kier alpha value is -1.89. The van der Waals surface area contributed by atoms with Gasteiger partial charge in [0.1, 0.15) is 5.60 Å². The van der Waals surface area contributed by atoms with Crippen molar-refractivity contribution in [2.45, 2.75) is 37.1 Å². The van der Waals surface area contributed by atoms with Crippen LogP contribution in [0.25, 0.3) is 11.4 Å². The topological polar surface area (TPSA) is 99.4 Å². The number of rotatable bonds is 2. The average Bonchev–Trinajstić information content (AvgIpc) is 2.52. The summed E-state index contributed by atoms with van der Waals surface area (Å²) in [6, 6.07) is 5.30. The first kappa shape index (κ1) is 14.1. The maximum atomic E-state index is 10.6. The van der Waals surface area contributed by atoms with E-state index in [1.165, 1.54) is 0 Å². The minimum absolute atomic E-state index is 0.134. The molecule has 21 heavy (non-hydrogen) atoms. The van der Waals surface area contributed by atoms with Gasteiger partial charge in [-0.3, -0.25) is 4.98 Å². The summed E-state index contributed by atoms with van der Waals surface area (Å²) in [5.41, 5.74) is 0.209. The SMILES string of the molecule is OC1(O)CCC(O)(c2ccc(-c3ncccn3)cn2)CC1. The van der Waals surface area contributed by atoms with E-state index < -0.39 is 11.4 Å². The predicted octanol–water partition coefficient (Wildman–Crippen LogP) is 0.981. The van der Waals surface area contributed by atoms with Gasteiger partial charge in [0, 0.05) is 37.0 Å². The molecule has 0 aromatic carbocycles. The third-order valence-corrected chi connectivity index (χ3v) is 3.94. The van der Waals surface area contributed by atoms with E-state index in [1.54, 1.807) is 30.7 Å². The van der Waals surface area contributed by atoms with Crippen molar-refractivity contribution in [3.8, 4) is 11.4 Å². The molecule has 0 radical (unpaired) electrons.